The Morgan fingerprint density at radius 3 is 2.70 bits per heavy atom. The molecule has 1 fully saturated rings. The van der Waals surface area contributed by atoms with Crippen LogP contribution >= 0.6 is 0 Å². The second-order valence-corrected chi connectivity index (χ2v) is 3.64. The van der Waals surface area contributed by atoms with Gasteiger partial charge in [-0.3, -0.25) is 4.99 Å². The van der Waals surface area contributed by atoms with Crippen LogP contribution in [0.1, 0.15) is 39.0 Å². The van der Waals surface area contributed by atoms with Gasteiger partial charge in [-0.15, -0.1) is 0 Å². The van der Waals surface area contributed by atoms with Gasteiger partial charge in [0, 0.05) is 11.8 Å². The minimum absolute atomic E-state index is 0.629. The third kappa shape index (κ3) is 1.23. The van der Waals surface area contributed by atoms with E-state index in [-0.39, 0.29) is 0 Å². The minimum atomic E-state index is 0.629. The van der Waals surface area contributed by atoms with E-state index in [1.54, 1.807) is 5.71 Å². The number of rotatable bonds is 1. The van der Waals surface area contributed by atoms with E-state index < -0.39 is 0 Å². The quantitative estimate of drug-likeness (QED) is 0.526. The van der Waals surface area contributed by atoms with Crippen LogP contribution < -0.4 is 0 Å². The Hall–Kier alpha value is -0.330. The molecule has 2 aliphatic rings. The van der Waals surface area contributed by atoms with Crippen LogP contribution in [0.2, 0.25) is 0 Å². The van der Waals surface area contributed by atoms with E-state index in [1.165, 1.54) is 32.1 Å². The fraction of sp³-hybridized carbons (Fsp3) is 0.889. The number of hydrogen-bond donors (Lipinski definition) is 0. The Balaban J connectivity index is 2.03. The molecule has 0 aromatic rings. The van der Waals surface area contributed by atoms with Crippen LogP contribution in [0.3, 0.4) is 0 Å². The second-order valence-electron chi connectivity index (χ2n) is 3.64. The summed E-state index contributed by atoms with van der Waals surface area (Å²) in [6, 6.07) is 0.629. The van der Waals surface area contributed by atoms with Gasteiger partial charge in [-0.2, -0.15) is 0 Å². The van der Waals surface area contributed by atoms with Gasteiger partial charge in [0.05, 0.1) is 0 Å². The van der Waals surface area contributed by atoms with Crippen molar-refractivity contribution >= 4 is 5.71 Å². The Kier molecular flexibility index (Phi) is 1.51. The van der Waals surface area contributed by atoms with E-state index in [0.717, 1.165) is 5.92 Å². The second kappa shape index (κ2) is 2.37. The molecule has 0 unspecified atom stereocenters. The molecule has 1 heterocycles. The standard InChI is InChI=1S/C9H15N/c1-7-3-2-4-9(10-7)8-5-6-8/h7-8H,2-6H2,1H3/t7-/m0/s1. The third-order valence-corrected chi connectivity index (χ3v) is 2.49. The van der Waals surface area contributed by atoms with Crippen molar-refractivity contribution in [2.45, 2.75) is 45.1 Å². The van der Waals surface area contributed by atoms with Gasteiger partial charge in [-0.05, 0) is 44.9 Å². The normalized spacial score (nSPS) is 33.7. The Bertz CT molecular complexity index is 156. The maximum atomic E-state index is 4.66. The van der Waals surface area contributed by atoms with Crippen LogP contribution in [0.5, 0.6) is 0 Å². The average molecular weight is 137 g/mol. The topological polar surface area (TPSA) is 12.4 Å². The van der Waals surface area contributed by atoms with Crippen molar-refractivity contribution in [2.24, 2.45) is 10.9 Å². The highest BCUT2D eigenvalue weighted by Gasteiger charge is 2.28. The van der Waals surface area contributed by atoms with Crippen molar-refractivity contribution in [3.63, 3.8) is 0 Å². The summed E-state index contributed by atoms with van der Waals surface area (Å²) in [6.45, 7) is 2.24. The monoisotopic (exact) mass is 137 g/mol. The molecule has 0 radical (unpaired) electrons. The molecule has 10 heavy (non-hydrogen) atoms. The Morgan fingerprint density at radius 2 is 2.10 bits per heavy atom. The predicted octanol–water partition coefficient (Wildman–Crippen LogP) is 2.41. The zero-order valence-corrected chi connectivity index (χ0v) is 6.64. The molecular formula is C9H15N. The fourth-order valence-corrected chi connectivity index (χ4v) is 1.72. The molecule has 1 aliphatic heterocycles. The van der Waals surface area contributed by atoms with Gasteiger partial charge in [0.15, 0.2) is 0 Å². The highest BCUT2D eigenvalue weighted by molar-refractivity contribution is 5.89. The van der Waals surface area contributed by atoms with E-state index >= 15 is 0 Å². The van der Waals surface area contributed by atoms with Crippen molar-refractivity contribution < 1.29 is 0 Å². The number of hydrogen-bond acceptors (Lipinski definition) is 1. The molecule has 0 amide bonds. The SMILES string of the molecule is C[C@H]1CCCC(C2CC2)=N1. The molecule has 1 saturated carbocycles. The summed E-state index contributed by atoms with van der Waals surface area (Å²) in [4.78, 5) is 4.66. The van der Waals surface area contributed by atoms with Crippen molar-refractivity contribution in [1.29, 1.82) is 0 Å². The third-order valence-electron chi connectivity index (χ3n) is 2.49. The lowest BCUT2D eigenvalue weighted by atomic mass is 10.0. The lowest BCUT2D eigenvalue weighted by Crippen LogP contribution is -2.13. The molecule has 0 spiro atoms. The molecule has 56 valence electrons. The first kappa shape index (κ1) is 6.38. The van der Waals surface area contributed by atoms with E-state index in [0.29, 0.717) is 6.04 Å². The van der Waals surface area contributed by atoms with E-state index in [9.17, 15) is 0 Å². The molecular weight excluding hydrogens is 122 g/mol. The summed E-state index contributed by atoms with van der Waals surface area (Å²) in [7, 11) is 0. The maximum Gasteiger partial charge on any atom is 0.0471 e. The zero-order chi connectivity index (χ0) is 6.97. The molecule has 1 nitrogen and oxygen atoms in total. The molecule has 1 atom stereocenters. The lowest BCUT2D eigenvalue weighted by molar-refractivity contribution is 0.601. The van der Waals surface area contributed by atoms with Crippen LogP contribution in [-0.4, -0.2) is 11.8 Å². The van der Waals surface area contributed by atoms with Crippen LogP contribution in [0.4, 0.5) is 0 Å². The highest BCUT2D eigenvalue weighted by atomic mass is 14.8. The first-order chi connectivity index (χ1) is 4.86. The average Bonchev–Trinajstić information content (AvgIpc) is 2.68. The summed E-state index contributed by atoms with van der Waals surface area (Å²) < 4.78 is 0. The lowest BCUT2D eigenvalue weighted by Gasteiger charge is -2.16. The molecule has 0 N–H and O–H groups in total. The Morgan fingerprint density at radius 1 is 1.30 bits per heavy atom. The number of aliphatic imine (C=N–C) groups is 1. The Labute approximate surface area is 62.5 Å². The van der Waals surface area contributed by atoms with Gasteiger partial charge < -0.3 is 0 Å². The highest BCUT2D eigenvalue weighted by Crippen LogP contribution is 2.34. The zero-order valence-electron chi connectivity index (χ0n) is 6.64. The minimum Gasteiger partial charge on any atom is -0.291 e. The molecule has 1 heteroatoms. The van der Waals surface area contributed by atoms with E-state index in [4.69, 9.17) is 0 Å². The number of nitrogens with zero attached hydrogens (tertiary/aromatic N) is 1. The van der Waals surface area contributed by atoms with Gasteiger partial charge in [0.1, 0.15) is 0 Å². The molecule has 0 bridgehead atoms. The van der Waals surface area contributed by atoms with E-state index in [1.807, 2.05) is 0 Å². The van der Waals surface area contributed by atoms with E-state index in [2.05, 4.69) is 11.9 Å². The molecule has 2 rings (SSSR count). The molecule has 0 aromatic carbocycles. The van der Waals surface area contributed by atoms with Crippen molar-refractivity contribution in [1.82, 2.24) is 0 Å². The molecule has 1 aliphatic carbocycles. The smallest absolute Gasteiger partial charge is 0.0471 e. The van der Waals surface area contributed by atoms with Crippen molar-refractivity contribution in [3.8, 4) is 0 Å². The summed E-state index contributed by atoms with van der Waals surface area (Å²) in [6.07, 6.45) is 6.85. The summed E-state index contributed by atoms with van der Waals surface area (Å²) >= 11 is 0. The summed E-state index contributed by atoms with van der Waals surface area (Å²) in [5.41, 5.74) is 1.54. The first-order valence-corrected chi connectivity index (χ1v) is 4.43. The summed E-state index contributed by atoms with van der Waals surface area (Å²) in [5.74, 6) is 0.919. The van der Waals surface area contributed by atoms with Crippen molar-refractivity contribution in [2.75, 3.05) is 0 Å². The maximum absolute atomic E-state index is 4.66. The molecule has 0 aromatic heterocycles. The van der Waals surface area contributed by atoms with Gasteiger partial charge in [0.25, 0.3) is 0 Å². The van der Waals surface area contributed by atoms with Gasteiger partial charge in [-0.1, -0.05) is 0 Å². The predicted molar refractivity (Wildman–Crippen MR) is 43.5 cm³/mol. The van der Waals surface area contributed by atoms with Gasteiger partial charge >= 0.3 is 0 Å². The van der Waals surface area contributed by atoms with Crippen molar-refractivity contribution in [3.05, 3.63) is 0 Å². The van der Waals surface area contributed by atoms with Gasteiger partial charge in [-0.25, -0.2) is 0 Å². The summed E-state index contributed by atoms with van der Waals surface area (Å²) in [5, 5.41) is 0. The van der Waals surface area contributed by atoms with Crippen LogP contribution in [0, 0.1) is 5.92 Å². The van der Waals surface area contributed by atoms with Crippen LogP contribution in [0.25, 0.3) is 0 Å². The fourth-order valence-electron chi connectivity index (χ4n) is 1.72. The van der Waals surface area contributed by atoms with Gasteiger partial charge in [0.2, 0.25) is 0 Å². The first-order valence-electron chi connectivity index (χ1n) is 4.43. The van der Waals surface area contributed by atoms with Crippen LogP contribution in [-0.2, 0) is 0 Å². The molecule has 0 saturated heterocycles. The van der Waals surface area contributed by atoms with Crippen LogP contribution in [0.15, 0.2) is 4.99 Å². The largest absolute Gasteiger partial charge is 0.291 e.